The van der Waals surface area contributed by atoms with E-state index >= 15 is 0 Å². The molecule has 1 atom stereocenters. The molecule has 0 bridgehead atoms. The number of rotatable bonds is 4. The van der Waals surface area contributed by atoms with Crippen molar-refractivity contribution in [2.24, 2.45) is 0 Å². The van der Waals surface area contributed by atoms with Gasteiger partial charge in [-0.15, -0.1) is 0 Å². The Balaban J connectivity index is 2.62. The Hall–Kier alpha value is 0.347. The van der Waals surface area contributed by atoms with Gasteiger partial charge in [-0.1, -0.05) is 19.6 Å². The number of hydrogen-bond acceptors (Lipinski definition) is 1. The topological polar surface area (TPSA) is 3.24 Å². The van der Waals surface area contributed by atoms with Crippen molar-refractivity contribution >= 4 is 16.1 Å². The maximum atomic E-state index is 2.68. The Morgan fingerprint density at radius 3 is 1.71 bits per heavy atom. The standard InChI is InChI=1S/C11H24NPSi/c1-9(2)12(10(3)4)13-8-11(13)14(5,6)7/h8-10H,1-7H3. The lowest BCUT2D eigenvalue weighted by Gasteiger charge is -2.32. The summed E-state index contributed by atoms with van der Waals surface area (Å²) in [5, 5.41) is 0. The van der Waals surface area contributed by atoms with E-state index in [4.69, 9.17) is 0 Å². The maximum absolute atomic E-state index is 2.68. The molecule has 0 aromatic rings. The molecule has 1 unspecified atom stereocenters. The minimum atomic E-state index is -0.993. The third-order valence-corrected chi connectivity index (χ3v) is 9.39. The van der Waals surface area contributed by atoms with Gasteiger partial charge in [0.1, 0.15) is 0 Å². The van der Waals surface area contributed by atoms with Crippen LogP contribution in [-0.4, -0.2) is 24.8 Å². The third-order valence-electron chi connectivity index (χ3n) is 2.50. The lowest BCUT2D eigenvalue weighted by atomic mass is 10.3. The fourth-order valence-corrected chi connectivity index (χ4v) is 8.63. The zero-order valence-electron chi connectivity index (χ0n) is 10.6. The van der Waals surface area contributed by atoms with Gasteiger partial charge in [0, 0.05) is 20.2 Å². The summed E-state index contributed by atoms with van der Waals surface area (Å²) in [6.45, 7) is 16.6. The van der Waals surface area contributed by atoms with Crippen LogP contribution in [0.2, 0.25) is 19.6 Å². The van der Waals surface area contributed by atoms with Gasteiger partial charge in [0.15, 0.2) is 0 Å². The average Bonchev–Trinajstić information content (AvgIpc) is 2.63. The van der Waals surface area contributed by atoms with E-state index in [9.17, 15) is 0 Å². The van der Waals surface area contributed by atoms with Crippen molar-refractivity contribution in [1.29, 1.82) is 0 Å². The van der Waals surface area contributed by atoms with Gasteiger partial charge in [-0.2, -0.15) is 0 Å². The Morgan fingerprint density at radius 2 is 1.50 bits per heavy atom. The quantitative estimate of drug-likeness (QED) is 0.515. The fraction of sp³-hybridized carbons (Fsp3) is 0.818. The van der Waals surface area contributed by atoms with Crippen molar-refractivity contribution < 1.29 is 0 Å². The third kappa shape index (κ3) is 2.68. The van der Waals surface area contributed by atoms with Crippen LogP contribution >= 0.6 is 8.07 Å². The van der Waals surface area contributed by atoms with Crippen molar-refractivity contribution in [2.75, 3.05) is 0 Å². The van der Waals surface area contributed by atoms with Crippen LogP contribution in [-0.2, 0) is 0 Å². The van der Waals surface area contributed by atoms with Crippen LogP contribution in [0, 0.1) is 0 Å². The smallest absolute Gasteiger partial charge is 0.0803 e. The highest BCUT2D eigenvalue weighted by Crippen LogP contribution is 2.68. The van der Waals surface area contributed by atoms with Crippen molar-refractivity contribution in [1.82, 2.24) is 4.67 Å². The Bertz CT molecular complexity index is 232. The lowest BCUT2D eigenvalue weighted by molar-refractivity contribution is 0.328. The summed E-state index contributed by atoms with van der Waals surface area (Å²) in [4.78, 5) is 1.81. The first kappa shape index (κ1) is 12.4. The van der Waals surface area contributed by atoms with Crippen LogP contribution in [0.5, 0.6) is 0 Å². The molecule has 14 heavy (non-hydrogen) atoms. The molecule has 1 heterocycles. The molecule has 0 aromatic heterocycles. The van der Waals surface area contributed by atoms with Crippen molar-refractivity contribution in [2.45, 2.75) is 59.4 Å². The number of nitrogens with zero attached hydrogens (tertiary/aromatic N) is 1. The molecule has 0 spiro atoms. The maximum Gasteiger partial charge on any atom is 0.0803 e. The Morgan fingerprint density at radius 1 is 1.07 bits per heavy atom. The highest BCUT2D eigenvalue weighted by molar-refractivity contribution is 7.74. The molecule has 0 aromatic carbocycles. The molecule has 1 rings (SSSR count). The zero-order chi connectivity index (χ0) is 11.1. The van der Waals surface area contributed by atoms with Crippen LogP contribution < -0.4 is 0 Å². The van der Waals surface area contributed by atoms with Crippen LogP contribution in [0.25, 0.3) is 0 Å². The number of hydrogen-bond donors (Lipinski definition) is 0. The van der Waals surface area contributed by atoms with Crippen LogP contribution in [0.3, 0.4) is 0 Å². The van der Waals surface area contributed by atoms with E-state index in [1.807, 2.05) is 4.94 Å². The first-order valence-corrected chi connectivity index (χ1v) is 10.4. The summed E-state index contributed by atoms with van der Waals surface area (Å²) in [5.41, 5.74) is 0. The summed E-state index contributed by atoms with van der Waals surface area (Å²) in [6, 6.07) is 1.37. The van der Waals surface area contributed by atoms with E-state index in [-0.39, 0.29) is 8.07 Å². The first-order chi connectivity index (χ1) is 6.25. The molecule has 0 radical (unpaired) electrons. The average molecular weight is 229 g/mol. The van der Waals surface area contributed by atoms with Gasteiger partial charge >= 0.3 is 0 Å². The van der Waals surface area contributed by atoms with E-state index in [1.165, 1.54) is 0 Å². The highest BCUT2D eigenvalue weighted by atomic mass is 31.1. The molecule has 0 N–H and O–H groups in total. The second-order valence-corrected chi connectivity index (χ2v) is 13.0. The van der Waals surface area contributed by atoms with Gasteiger partial charge in [0.05, 0.1) is 8.07 Å². The van der Waals surface area contributed by atoms with Gasteiger partial charge < -0.3 is 0 Å². The molecular weight excluding hydrogens is 205 g/mol. The van der Waals surface area contributed by atoms with Crippen LogP contribution in [0.4, 0.5) is 0 Å². The summed E-state index contributed by atoms with van der Waals surface area (Å²) in [5.74, 6) is 2.54. The van der Waals surface area contributed by atoms with Gasteiger partial charge in [0.25, 0.3) is 0 Å². The molecule has 1 nitrogen and oxygen atoms in total. The molecular formula is C11H24NPSi. The molecule has 0 fully saturated rings. The first-order valence-electron chi connectivity index (χ1n) is 5.55. The molecule has 82 valence electrons. The highest BCUT2D eigenvalue weighted by Gasteiger charge is 2.40. The van der Waals surface area contributed by atoms with E-state index in [1.54, 1.807) is 0 Å². The Kier molecular flexibility index (Phi) is 3.61. The van der Waals surface area contributed by atoms with E-state index in [0.717, 1.165) is 0 Å². The second kappa shape index (κ2) is 4.07. The van der Waals surface area contributed by atoms with Crippen molar-refractivity contribution in [3.05, 3.63) is 10.8 Å². The van der Waals surface area contributed by atoms with Crippen LogP contribution in [0.15, 0.2) is 10.8 Å². The molecule has 1 aliphatic heterocycles. The van der Waals surface area contributed by atoms with Crippen molar-refractivity contribution in [3.63, 3.8) is 0 Å². The summed E-state index contributed by atoms with van der Waals surface area (Å²) in [6.07, 6.45) is 0. The van der Waals surface area contributed by atoms with Crippen LogP contribution in [0.1, 0.15) is 27.7 Å². The minimum Gasteiger partial charge on any atom is -0.271 e. The Labute approximate surface area is 91.4 Å². The normalized spacial score (nSPS) is 22.1. The SMILES string of the molecule is CC(C)N(C(C)C)P1C=C1[Si](C)(C)C. The van der Waals surface area contributed by atoms with E-state index in [2.05, 4.69) is 57.8 Å². The summed E-state index contributed by atoms with van der Waals surface area (Å²) < 4.78 is 2.68. The molecule has 0 amide bonds. The molecule has 0 aliphatic carbocycles. The van der Waals surface area contributed by atoms with Gasteiger partial charge in [-0.3, -0.25) is 4.67 Å². The summed E-state index contributed by atoms with van der Waals surface area (Å²) in [7, 11) is -0.950. The van der Waals surface area contributed by atoms with E-state index < -0.39 is 8.07 Å². The van der Waals surface area contributed by atoms with Gasteiger partial charge in [-0.05, 0) is 38.4 Å². The molecule has 0 saturated heterocycles. The van der Waals surface area contributed by atoms with Gasteiger partial charge in [0.2, 0.25) is 0 Å². The second-order valence-electron chi connectivity index (χ2n) is 5.68. The fourth-order valence-electron chi connectivity index (χ4n) is 1.91. The van der Waals surface area contributed by atoms with E-state index in [0.29, 0.717) is 12.1 Å². The van der Waals surface area contributed by atoms with Crippen molar-refractivity contribution in [3.8, 4) is 0 Å². The summed E-state index contributed by atoms with van der Waals surface area (Å²) >= 11 is 0. The monoisotopic (exact) mass is 229 g/mol. The predicted molar refractivity (Wildman–Crippen MR) is 70.5 cm³/mol. The molecule has 3 heteroatoms. The zero-order valence-corrected chi connectivity index (χ0v) is 12.5. The largest absolute Gasteiger partial charge is 0.271 e. The predicted octanol–water partition coefficient (Wildman–Crippen LogP) is 4.23. The minimum absolute atomic E-state index is 0.0424. The van der Waals surface area contributed by atoms with Gasteiger partial charge in [-0.25, -0.2) is 0 Å². The lowest BCUT2D eigenvalue weighted by Crippen LogP contribution is -2.31. The molecule has 1 aliphatic rings. The molecule has 0 saturated carbocycles.